The Bertz CT molecular complexity index is 474. The fourth-order valence-electron chi connectivity index (χ4n) is 1.74. The normalized spacial score (nSPS) is 11.9. The van der Waals surface area contributed by atoms with E-state index in [1.165, 1.54) is 0 Å². The largest absolute Gasteiger partial charge is 0.348 e. The van der Waals surface area contributed by atoms with E-state index in [4.69, 9.17) is 0 Å². The van der Waals surface area contributed by atoms with Gasteiger partial charge in [-0.2, -0.15) is 4.98 Å². The Labute approximate surface area is 117 Å². The van der Waals surface area contributed by atoms with Crippen LogP contribution in [0.4, 0.5) is 0 Å². The number of rotatable bonds is 4. The fraction of sp³-hybridized carbons (Fsp3) is 0.692. The maximum absolute atomic E-state index is 11.8. The number of halogens is 1. The molecule has 0 aliphatic heterocycles. The first-order valence-corrected chi connectivity index (χ1v) is 7.00. The SMILES string of the molecule is Cc1nc(=O)n(CCCNC(C)(C)C)c(C)c1Br. The average Bonchev–Trinajstić information content (AvgIpc) is 2.23. The van der Waals surface area contributed by atoms with E-state index in [-0.39, 0.29) is 11.2 Å². The molecule has 1 N–H and O–H groups in total. The quantitative estimate of drug-likeness (QED) is 0.868. The molecule has 0 bridgehead atoms. The second-order valence-electron chi connectivity index (χ2n) is 5.56. The van der Waals surface area contributed by atoms with Gasteiger partial charge in [-0.05, 0) is 63.5 Å². The zero-order chi connectivity index (χ0) is 13.9. The molecule has 1 aromatic heterocycles. The molecule has 0 atom stereocenters. The van der Waals surface area contributed by atoms with Gasteiger partial charge in [0.15, 0.2) is 0 Å². The van der Waals surface area contributed by atoms with Crippen LogP contribution in [0.5, 0.6) is 0 Å². The van der Waals surface area contributed by atoms with Crippen molar-refractivity contribution in [2.24, 2.45) is 0 Å². The Morgan fingerprint density at radius 2 is 1.94 bits per heavy atom. The molecule has 0 unspecified atom stereocenters. The number of nitrogens with zero attached hydrogens (tertiary/aromatic N) is 2. The molecule has 102 valence electrons. The van der Waals surface area contributed by atoms with Crippen LogP contribution >= 0.6 is 15.9 Å². The average molecular weight is 316 g/mol. The summed E-state index contributed by atoms with van der Waals surface area (Å²) < 4.78 is 2.65. The molecule has 0 aromatic carbocycles. The number of hydrogen-bond acceptors (Lipinski definition) is 3. The molecule has 4 nitrogen and oxygen atoms in total. The summed E-state index contributed by atoms with van der Waals surface area (Å²) in [5, 5.41) is 3.41. The van der Waals surface area contributed by atoms with E-state index in [1.807, 2.05) is 13.8 Å². The van der Waals surface area contributed by atoms with Crippen molar-refractivity contribution in [1.82, 2.24) is 14.9 Å². The van der Waals surface area contributed by atoms with Crippen molar-refractivity contribution in [3.63, 3.8) is 0 Å². The second kappa shape index (κ2) is 5.97. The minimum atomic E-state index is -0.163. The van der Waals surface area contributed by atoms with Crippen molar-refractivity contribution < 1.29 is 0 Å². The van der Waals surface area contributed by atoms with Gasteiger partial charge in [0.2, 0.25) is 0 Å². The van der Waals surface area contributed by atoms with Crippen molar-refractivity contribution in [1.29, 1.82) is 0 Å². The summed E-state index contributed by atoms with van der Waals surface area (Å²) in [6, 6.07) is 0. The molecule has 1 aromatic rings. The van der Waals surface area contributed by atoms with Crippen molar-refractivity contribution in [2.75, 3.05) is 6.54 Å². The fourth-order valence-corrected chi connectivity index (χ4v) is 2.04. The molecular formula is C13H22BrN3O. The van der Waals surface area contributed by atoms with Crippen LogP contribution in [0, 0.1) is 13.8 Å². The van der Waals surface area contributed by atoms with Crippen LogP contribution in [-0.4, -0.2) is 21.6 Å². The summed E-state index contributed by atoms with van der Waals surface area (Å²) in [5.41, 5.74) is 1.65. The van der Waals surface area contributed by atoms with Crippen LogP contribution in [0.25, 0.3) is 0 Å². The van der Waals surface area contributed by atoms with Crippen LogP contribution in [0.1, 0.15) is 38.6 Å². The summed E-state index contributed by atoms with van der Waals surface area (Å²) in [5.74, 6) is 0. The van der Waals surface area contributed by atoms with E-state index in [2.05, 4.69) is 47.0 Å². The van der Waals surface area contributed by atoms with E-state index in [0.29, 0.717) is 6.54 Å². The van der Waals surface area contributed by atoms with E-state index < -0.39 is 0 Å². The Balaban J connectivity index is 2.69. The van der Waals surface area contributed by atoms with Crippen LogP contribution in [0.2, 0.25) is 0 Å². The predicted octanol–water partition coefficient (Wildman–Crippen LogP) is 2.40. The third-order valence-corrected chi connectivity index (χ3v) is 3.90. The lowest BCUT2D eigenvalue weighted by Gasteiger charge is -2.20. The van der Waals surface area contributed by atoms with Gasteiger partial charge in [-0.1, -0.05) is 0 Å². The monoisotopic (exact) mass is 315 g/mol. The standard InChI is InChI=1S/C13H22BrN3O/c1-9-11(14)10(2)17(12(18)16-9)8-6-7-15-13(3,4)5/h15H,6-8H2,1-5H3. The van der Waals surface area contributed by atoms with Gasteiger partial charge >= 0.3 is 5.69 Å². The zero-order valence-corrected chi connectivity index (χ0v) is 13.4. The lowest BCUT2D eigenvalue weighted by atomic mass is 10.1. The van der Waals surface area contributed by atoms with Gasteiger partial charge in [-0.25, -0.2) is 4.79 Å². The van der Waals surface area contributed by atoms with Crippen molar-refractivity contribution >= 4 is 15.9 Å². The van der Waals surface area contributed by atoms with Crippen molar-refractivity contribution in [2.45, 2.75) is 53.1 Å². The summed E-state index contributed by atoms with van der Waals surface area (Å²) in [4.78, 5) is 15.8. The second-order valence-corrected chi connectivity index (χ2v) is 6.35. The molecule has 0 fully saturated rings. The Morgan fingerprint density at radius 1 is 1.33 bits per heavy atom. The van der Waals surface area contributed by atoms with Crippen molar-refractivity contribution in [3.05, 3.63) is 26.3 Å². The third-order valence-electron chi connectivity index (χ3n) is 2.75. The molecule has 18 heavy (non-hydrogen) atoms. The van der Waals surface area contributed by atoms with E-state index in [1.54, 1.807) is 4.57 Å². The van der Waals surface area contributed by atoms with Gasteiger partial charge in [0.1, 0.15) is 0 Å². The van der Waals surface area contributed by atoms with Gasteiger partial charge < -0.3 is 5.32 Å². The highest BCUT2D eigenvalue weighted by atomic mass is 79.9. The molecule has 0 radical (unpaired) electrons. The Hall–Kier alpha value is -0.680. The van der Waals surface area contributed by atoms with E-state index >= 15 is 0 Å². The summed E-state index contributed by atoms with van der Waals surface area (Å²) in [6.07, 6.45) is 0.912. The maximum atomic E-state index is 11.8. The van der Waals surface area contributed by atoms with E-state index in [0.717, 1.165) is 28.8 Å². The highest BCUT2D eigenvalue weighted by Crippen LogP contribution is 2.16. The summed E-state index contributed by atoms with van der Waals surface area (Å²) in [6.45, 7) is 11.8. The number of aromatic nitrogens is 2. The topological polar surface area (TPSA) is 46.9 Å². The first-order valence-electron chi connectivity index (χ1n) is 6.21. The number of hydrogen-bond donors (Lipinski definition) is 1. The Morgan fingerprint density at radius 3 is 2.50 bits per heavy atom. The molecule has 0 amide bonds. The molecular weight excluding hydrogens is 294 g/mol. The molecule has 1 heterocycles. The summed E-state index contributed by atoms with van der Waals surface area (Å²) >= 11 is 3.47. The van der Waals surface area contributed by atoms with E-state index in [9.17, 15) is 4.79 Å². The minimum Gasteiger partial charge on any atom is -0.312 e. The van der Waals surface area contributed by atoms with Crippen LogP contribution < -0.4 is 11.0 Å². The molecule has 0 aliphatic carbocycles. The van der Waals surface area contributed by atoms with Gasteiger partial charge in [-0.3, -0.25) is 4.57 Å². The Kier molecular flexibility index (Phi) is 5.10. The smallest absolute Gasteiger partial charge is 0.312 e. The molecule has 1 rings (SSSR count). The molecule has 0 aliphatic rings. The maximum Gasteiger partial charge on any atom is 0.348 e. The summed E-state index contributed by atoms with van der Waals surface area (Å²) in [7, 11) is 0. The third kappa shape index (κ3) is 4.21. The highest BCUT2D eigenvalue weighted by molar-refractivity contribution is 9.10. The van der Waals surface area contributed by atoms with Gasteiger partial charge in [-0.15, -0.1) is 0 Å². The predicted molar refractivity (Wildman–Crippen MR) is 78.0 cm³/mol. The van der Waals surface area contributed by atoms with Crippen LogP contribution in [0.3, 0.4) is 0 Å². The number of aryl methyl sites for hydroxylation is 1. The highest BCUT2D eigenvalue weighted by Gasteiger charge is 2.10. The number of nitrogens with one attached hydrogen (secondary N) is 1. The zero-order valence-electron chi connectivity index (χ0n) is 11.8. The molecule has 0 spiro atoms. The molecule has 0 saturated heterocycles. The van der Waals surface area contributed by atoms with Gasteiger partial charge in [0, 0.05) is 17.8 Å². The van der Waals surface area contributed by atoms with Crippen LogP contribution in [-0.2, 0) is 6.54 Å². The first kappa shape index (κ1) is 15.4. The van der Waals surface area contributed by atoms with Crippen LogP contribution in [0.15, 0.2) is 9.27 Å². The lowest BCUT2D eigenvalue weighted by Crippen LogP contribution is -2.37. The minimum absolute atomic E-state index is 0.117. The lowest BCUT2D eigenvalue weighted by molar-refractivity contribution is 0.410. The van der Waals surface area contributed by atoms with Crippen molar-refractivity contribution in [3.8, 4) is 0 Å². The first-order chi connectivity index (χ1) is 8.22. The molecule has 5 heteroatoms. The van der Waals surface area contributed by atoms with Gasteiger partial charge in [0.25, 0.3) is 0 Å². The molecule has 0 saturated carbocycles. The van der Waals surface area contributed by atoms with Gasteiger partial charge in [0.05, 0.1) is 10.2 Å².